The van der Waals surface area contributed by atoms with Crippen LogP contribution in [0.3, 0.4) is 0 Å². The van der Waals surface area contributed by atoms with Gasteiger partial charge in [-0.2, -0.15) is 0 Å². The molecule has 5 rings (SSSR count). The minimum Gasteiger partial charge on any atom is -0.497 e. The zero-order valence-electron chi connectivity index (χ0n) is 20.1. The predicted molar refractivity (Wildman–Crippen MR) is 136 cm³/mol. The maximum atomic E-state index is 13.7. The van der Waals surface area contributed by atoms with Crippen LogP contribution in [0.25, 0.3) is 0 Å². The van der Waals surface area contributed by atoms with E-state index < -0.39 is 0 Å². The molecule has 1 aliphatic carbocycles. The van der Waals surface area contributed by atoms with E-state index >= 15 is 0 Å². The van der Waals surface area contributed by atoms with E-state index in [1.807, 2.05) is 42.2 Å². The third kappa shape index (κ3) is 5.05. The van der Waals surface area contributed by atoms with Crippen molar-refractivity contribution < 1.29 is 19.1 Å². The van der Waals surface area contributed by atoms with Crippen LogP contribution in [0.15, 0.2) is 60.0 Å². The number of fused-ring (bicyclic) bond motifs is 1. The first-order valence-electron chi connectivity index (χ1n) is 12.0. The quantitative estimate of drug-likeness (QED) is 0.452. The Morgan fingerprint density at radius 1 is 1.11 bits per heavy atom. The van der Waals surface area contributed by atoms with Gasteiger partial charge in [-0.15, -0.1) is 11.3 Å². The molecule has 2 aliphatic rings. The molecule has 3 aromatic rings. The molecule has 1 atom stereocenters. The van der Waals surface area contributed by atoms with E-state index in [0.717, 1.165) is 36.1 Å². The Balaban J connectivity index is 1.35. The van der Waals surface area contributed by atoms with Gasteiger partial charge in [0.2, 0.25) is 5.91 Å². The van der Waals surface area contributed by atoms with Crippen LogP contribution in [0.1, 0.15) is 45.2 Å². The molecule has 182 valence electrons. The molecule has 2 heterocycles. The van der Waals surface area contributed by atoms with Crippen LogP contribution in [0.2, 0.25) is 0 Å². The molecule has 2 aromatic carbocycles. The fraction of sp³-hybridized carbons (Fsp3) is 0.357. The van der Waals surface area contributed by atoms with Gasteiger partial charge >= 0.3 is 0 Å². The van der Waals surface area contributed by atoms with Crippen molar-refractivity contribution in [1.29, 1.82) is 0 Å². The fourth-order valence-corrected chi connectivity index (χ4v) is 5.60. The number of methoxy groups -OCH3 is 1. The van der Waals surface area contributed by atoms with Gasteiger partial charge in [0.25, 0.3) is 5.91 Å². The predicted octanol–water partition coefficient (Wildman–Crippen LogP) is 4.87. The first kappa shape index (κ1) is 23.4. The lowest BCUT2D eigenvalue weighted by Gasteiger charge is -2.37. The molecular formula is C28H30N2O4S. The summed E-state index contributed by atoms with van der Waals surface area (Å²) in [6, 6.07) is 17.1. The number of carbonyl (C=O) groups excluding carboxylic acids is 2. The number of hydrogen-bond acceptors (Lipinski definition) is 5. The number of aryl methyl sites for hydroxylation is 1. The van der Waals surface area contributed by atoms with Crippen molar-refractivity contribution in [3.05, 3.63) is 81.5 Å². The summed E-state index contributed by atoms with van der Waals surface area (Å²) in [5.74, 6) is 1.30. The highest BCUT2D eigenvalue weighted by Gasteiger charge is 2.38. The van der Waals surface area contributed by atoms with Crippen molar-refractivity contribution in [3.8, 4) is 11.5 Å². The lowest BCUT2D eigenvalue weighted by molar-refractivity contribution is -0.135. The molecule has 0 N–H and O–H groups in total. The van der Waals surface area contributed by atoms with Crippen molar-refractivity contribution in [2.24, 2.45) is 0 Å². The zero-order valence-corrected chi connectivity index (χ0v) is 20.9. The molecule has 7 heteroatoms. The van der Waals surface area contributed by atoms with Gasteiger partial charge in [-0.25, -0.2) is 0 Å². The highest BCUT2D eigenvalue weighted by Crippen LogP contribution is 2.35. The van der Waals surface area contributed by atoms with Crippen molar-refractivity contribution in [3.63, 3.8) is 0 Å². The Labute approximate surface area is 210 Å². The van der Waals surface area contributed by atoms with Gasteiger partial charge in [-0.1, -0.05) is 24.3 Å². The van der Waals surface area contributed by atoms with Crippen LogP contribution in [0.4, 0.5) is 0 Å². The van der Waals surface area contributed by atoms with Crippen molar-refractivity contribution in [1.82, 2.24) is 9.80 Å². The summed E-state index contributed by atoms with van der Waals surface area (Å²) in [7, 11) is 1.58. The first-order chi connectivity index (χ1) is 17.0. The second-order valence-electron chi connectivity index (χ2n) is 9.12. The number of amides is 2. The number of nitrogens with zero attached hydrogens (tertiary/aromatic N) is 2. The van der Waals surface area contributed by atoms with E-state index in [9.17, 15) is 9.59 Å². The van der Waals surface area contributed by atoms with Crippen LogP contribution in [0, 0.1) is 6.92 Å². The second-order valence-corrected chi connectivity index (χ2v) is 10.1. The lowest BCUT2D eigenvalue weighted by atomic mass is 10.00. The van der Waals surface area contributed by atoms with E-state index in [0.29, 0.717) is 24.5 Å². The molecule has 6 nitrogen and oxygen atoms in total. The van der Waals surface area contributed by atoms with Crippen molar-refractivity contribution in [2.45, 2.75) is 38.3 Å². The molecular weight excluding hydrogens is 460 g/mol. The van der Waals surface area contributed by atoms with E-state index in [2.05, 4.69) is 11.4 Å². The molecule has 2 amide bonds. The summed E-state index contributed by atoms with van der Waals surface area (Å²) in [4.78, 5) is 32.0. The number of benzene rings is 2. The molecule has 1 saturated carbocycles. The number of rotatable bonds is 8. The highest BCUT2D eigenvalue weighted by molar-refractivity contribution is 7.10. The summed E-state index contributed by atoms with van der Waals surface area (Å²) >= 11 is 1.73. The summed E-state index contributed by atoms with van der Waals surface area (Å²) in [6.45, 7) is 3.10. The average molecular weight is 491 g/mol. The topological polar surface area (TPSA) is 59.1 Å². The largest absolute Gasteiger partial charge is 0.497 e. The van der Waals surface area contributed by atoms with Gasteiger partial charge in [0, 0.05) is 23.0 Å². The monoisotopic (exact) mass is 490 g/mol. The number of hydrogen-bond donors (Lipinski definition) is 0. The van der Waals surface area contributed by atoms with Crippen molar-refractivity contribution >= 4 is 23.2 Å². The SMILES string of the molecule is COc1cccc(C(=O)N(CC(=O)N2CCc3sccc3[C@@H]2COc2ccccc2C)C2CC2)c1. The average Bonchev–Trinajstić information content (AvgIpc) is 3.61. The third-order valence-electron chi connectivity index (χ3n) is 6.78. The smallest absolute Gasteiger partial charge is 0.254 e. The Morgan fingerprint density at radius 3 is 2.71 bits per heavy atom. The van der Waals surface area contributed by atoms with Gasteiger partial charge < -0.3 is 19.3 Å². The molecule has 1 aromatic heterocycles. The number of para-hydroxylation sites is 1. The summed E-state index contributed by atoms with van der Waals surface area (Å²) in [5, 5.41) is 2.09. The van der Waals surface area contributed by atoms with Gasteiger partial charge in [0.05, 0.1) is 13.2 Å². The van der Waals surface area contributed by atoms with Crippen LogP contribution in [-0.4, -0.2) is 54.5 Å². The van der Waals surface area contributed by atoms with E-state index in [-0.39, 0.29) is 30.4 Å². The minimum atomic E-state index is -0.176. The Hall–Kier alpha value is -3.32. The zero-order chi connectivity index (χ0) is 24.4. The molecule has 0 bridgehead atoms. The molecule has 0 radical (unpaired) electrons. The summed E-state index contributed by atoms with van der Waals surface area (Å²) in [5.41, 5.74) is 2.76. The van der Waals surface area contributed by atoms with Crippen LogP contribution < -0.4 is 9.47 Å². The molecule has 1 aliphatic heterocycles. The van der Waals surface area contributed by atoms with Crippen LogP contribution in [0.5, 0.6) is 11.5 Å². The minimum absolute atomic E-state index is 0.0385. The lowest BCUT2D eigenvalue weighted by Crippen LogP contribution is -2.48. The Morgan fingerprint density at radius 2 is 1.94 bits per heavy atom. The molecule has 0 saturated heterocycles. The van der Waals surface area contributed by atoms with E-state index in [1.165, 1.54) is 4.88 Å². The molecule has 35 heavy (non-hydrogen) atoms. The van der Waals surface area contributed by atoms with E-state index in [4.69, 9.17) is 9.47 Å². The van der Waals surface area contributed by atoms with Crippen LogP contribution in [-0.2, 0) is 11.2 Å². The van der Waals surface area contributed by atoms with Gasteiger partial charge in [0.1, 0.15) is 24.7 Å². The first-order valence-corrected chi connectivity index (χ1v) is 12.9. The molecule has 0 unspecified atom stereocenters. The highest BCUT2D eigenvalue weighted by atomic mass is 32.1. The number of thiophene rings is 1. The number of ether oxygens (including phenoxy) is 2. The fourth-order valence-electron chi connectivity index (χ4n) is 4.67. The second kappa shape index (κ2) is 10.1. The normalized spacial score (nSPS) is 17.0. The van der Waals surface area contributed by atoms with Crippen molar-refractivity contribution in [2.75, 3.05) is 26.8 Å². The third-order valence-corrected chi connectivity index (χ3v) is 7.77. The van der Waals surface area contributed by atoms with Gasteiger partial charge in [-0.05, 0) is 73.0 Å². The standard InChI is InChI=1S/C28H30N2O4S/c1-19-6-3-4-9-25(19)34-18-24-23-13-15-35-26(23)12-14-29(24)27(31)17-30(21-10-11-21)28(32)20-7-5-8-22(16-20)33-2/h3-9,13,15-16,21,24H,10-12,14,17-18H2,1-2H3/t24-/m0/s1. The van der Waals surface area contributed by atoms with E-state index in [1.54, 1.807) is 41.5 Å². The summed E-state index contributed by atoms with van der Waals surface area (Å²) in [6.07, 6.45) is 2.68. The molecule has 0 spiro atoms. The van der Waals surface area contributed by atoms with Gasteiger partial charge in [-0.3, -0.25) is 9.59 Å². The number of carbonyl (C=O) groups is 2. The van der Waals surface area contributed by atoms with Gasteiger partial charge in [0.15, 0.2) is 0 Å². The maximum absolute atomic E-state index is 13.7. The molecule has 1 fully saturated rings. The summed E-state index contributed by atoms with van der Waals surface area (Å²) < 4.78 is 11.5. The Bertz CT molecular complexity index is 1220. The Kier molecular flexibility index (Phi) is 6.77. The maximum Gasteiger partial charge on any atom is 0.254 e. The van der Waals surface area contributed by atoms with Crippen LogP contribution >= 0.6 is 11.3 Å².